The van der Waals surface area contributed by atoms with Crippen LogP contribution in [0.4, 0.5) is 18.9 Å². The second kappa shape index (κ2) is 8.05. The van der Waals surface area contributed by atoms with Crippen LogP contribution in [0.5, 0.6) is 5.75 Å². The van der Waals surface area contributed by atoms with E-state index in [4.69, 9.17) is 26.2 Å². The minimum absolute atomic E-state index is 0.146. The second-order valence-corrected chi connectivity index (χ2v) is 5.37. The predicted molar refractivity (Wildman–Crippen MR) is 86.6 cm³/mol. The van der Waals surface area contributed by atoms with E-state index in [9.17, 15) is 18.0 Å². The first-order chi connectivity index (χ1) is 12.2. The number of halogens is 4. The summed E-state index contributed by atoms with van der Waals surface area (Å²) in [7, 11) is 0. The third kappa shape index (κ3) is 4.85. The number of pyridine rings is 1. The average molecular weight is 389 g/mol. The molecule has 3 rings (SSSR count). The molecule has 0 aliphatic carbocycles. The van der Waals surface area contributed by atoms with E-state index in [1.807, 2.05) is 0 Å². The van der Waals surface area contributed by atoms with Crippen molar-refractivity contribution in [2.45, 2.75) is 6.18 Å². The molecule has 2 heterocycles. The fourth-order valence-corrected chi connectivity index (χ4v) is 2.20. The van der Waals surface area contributed by atoms with E-state index in [2.05, 4.69) is 4.98 Å². The molecule has 0 saturated carbocycles. The van der Waals surface area contributed by atoms with Crippen LogP contribution in [0.25, 0.3) is 0 Å². The number of nitrogens with zero attached hydrogens (tertiary/aromatic N) is 2. The standard InChI is InChI=1S/C14H11ClN2O2.C2HF3O2/c15-10-4-5-13-12(9-10)17(7-8-19-13)14(18)11-3-1-2-6-16-11;3-2(4,5)1(6)7/h1-6,9H,7-8H2;(H,6,7). The van der Waals surface area contributed by atoms with Gasteiger partial charge in [-0.1, -0.05) is 17.7 Å². The van der Waals surface area contributed by atoms with Crippen LogP contribution in [0, 0.1) is 0 Å². The molecule has 0 fully saturated rings. The van der Waals surface area contributed by atoms with E-state index in [0.29, 0.717) is 35.3 Å². The maximum absolute atomic E-state index is 12.4. The van der Waals surface area contributed by atoms with E-state index in [0.717, 1.165) is 0 Å². The molecule has 2 aromatic rings. The molecular formula is C16H12ClF3N2O4. The van der Waals surface area contributed by atoms with Crippen molar-refractivity contribution in [3.05, 3.63) is 53.3 Å². The van der Waals surface area contributed by atoms with Gasteiger partial charge in [-0.25, -0.2) is 4.79 Å². The lowest BCUT2D eigenvalue weighted by Crippen LogP contribution is -2.38. The van der Waals surface area contributed by atoms with Gasteiger partial charge in [0.25, 0.3) is 5.91 Å². The number of ether oxygens (including phenoxy) is 1. The molecule has 10 heteroatoms. The van der Waals surface area contributed by atoms with Crippen LogP contribution in [0.2, 0.25) is 5.02 Å². The maximum atomic E-state index is 12.4. The van der Waals surface area contributed by atoms with Crippen LogP contribution in [0.15, 0.2) is 42.6 Å². The number of aliphatic carboxylic acids is 1. The fourth-order valence-electron chi connectivity index (χ4n) is 2.03. The highest BCUT2D eigenvalue weighted by molar-refractivity contribution is 6.31. The van der Waals surface area contributed by atoms with Gasteiger partial charge in [0.15, 0.2) is 0 Å². The smallest absolute Gasteiger partial charge is 0.490 e. The Labute approximate surface area is 150 Å². The van der Waals surface area contributed by atoms with Gasteiger partial charge in [0.05, 0.1) is 12.2 Å². The first-order valence-electron chi connectivity index (χ1n) is 7.15. The van der Waals surface area contributed by atoms with Crippen molar-refractivity contribution in [2.75, 3.05) is 18.1 Å². The number of carboxylic acids is 1. The Morgan fingerprint density at radius 1 is 1.23 bits per heavy atom. The zero-order valence-corrected chi connectivity index (χ0v) is 13.8. The summed E-state index contributed by atoms with van der Waals surface area (Å²) in [6.45, 7) is 0.954. The van der Waals surface area contributed by atoms with Crippen molar-refractivity contribution in [1.82, 2.24) is 4.98 Å². The van der Waals surface area contributed by atoms with Crippen LogP contribution in [0.1, 0.15) is 10.5 Å². The fraction of sp³-hybridized carbons (Fsp3) is 0.188. The normalized spacial score (nSPS) is 13.0. The Balaban J connectivity index is 0.000000298. The monoisotopic (exact) mass is 388 g/mol. The number of amides is 1. The summed E-state index contributed by atoms with van der Waals surface area (Å²) in [4.78, 5) is 27.1. The largest absolute Gasteiger partial charge is 0.490 e. The maximum Gasteiger partial charge on any atom is 0.490 e. The van der Waals surface area contributed by atoms with Crippen molar-refractivity contribution < 1.29 is 32.6 Å². The van der Waals surface area contributed by atoms with E-state index in [-0.39, 0.29) is 5.91 Å². The number of alkyl halides is 3. The van der Waals surface area contributed by atoms with Crippen LogP contribution in [-0.4, -0.2) is 41.3 Å². The number of anilines is 1. The summed E-state index contributed by atoms with van der Waals surface area (Å²) in [5, 5.41) is 7.70. The van der Waals surface area contributed by atoms with Gasteiger partial charge in [0.2, 0.25) is 0 Å². The SMILES string of the molecule is O=C(O)C(F)(F)F.O=C(c1ccccn1)N1CCOc2ccc(Cl)cc21. The first-order valence-corrected chi connectivity index (χ1v) is 7.53. The highest BCUT2D eigenvalue weighted by Crippen LogP contribution is 2.34. The number of aromatic nitrogens is 1. The highest BCUT2D eigenvalue weighted by Gasteiger charge is 2.38. The van der Waals surface area contributed by atoms with Crippen molar-refractivity contribution in [3.63, 3.8) is 0 Å². The number of fused-ring (bicyclic) bond motifs is 1. The molecular weight excluding hydrogens is 377 g/mol. The summed E-state index contributed by atoms with van der Waals surface area (Å²) in [5.41, 5.74) is 1.10. The van der Waals surface area contributed by atoms with Crippen LogP contribution in [-0.2, 0) is 4.79 Å². The Morgan fingerprint density at radius 2 is 1.92 bits per heavy atom. The number of carbonyl (C=O) groups is 2. The zero-order chi connectivity index (χ0) is 19.3. The van der Waals surface area contributed by atoms with Crippen molar-refractivity contribution >= 4 is 29.2 Å². The molecule has 0 saturated heterocycles. The number of carboxylic acid groups (broad SMARTS) is 1. The molecule has 1 aliphatic rings. The molecule has 0 spiro atoms. The lowest BCUT2D eigenvalue weighted by atomic mass is 10.2. The number of hydrogen-bond donors (Lipinski definition) is 1. The van der Waals surface area contributed by atoms with Gasteiger partial charge < -0.3 is 14.7 Å². The summed E-state index contributed by atoms with van der Waals surface area (Å²) in [5.74, 6) is -2.24. The quantitative estimate of drug-likeness (QED) is 0.809. The lowest BCUT2D eigenvalue weighted by Gasteiger charge is -2.29. The van der Waals surface area contributed by atoms with Gasteiger partial charge in [-0.2, -0.15) is 13.2 Å². The topological polar surface area (TPSA) is 79.7 Å². The summed E-state index contributed by atoms with van der Waals surface area (Å²) >= 11 is 5.98. The van der Waals surface area contributed by atoms with Crippen molar-refractivity contribution in [3.8, 4) is 5.75 Å². The molecule has 1 aliphatic heterocycles. The van der Waals surface area contributed by atoms with Crippen molar-refractivity contribution in [2.24, 2.45) is 0 Å². The van der Waals surface area contributed by atoms with Gasteiger partial charge >= 0.3 is 12.1 Å². The molecule has 0 bridgehead atoms. The molecule has 1 amide bonds. The Morgan fingerprint density at radius 3 is 2.50 bits per heavy atom. The third-order valence-corrected chi connectivity index (χ3v) is 3.39. The number of benzene rings is 1. The van der Waals surface area contributed by atoms with E-state index in [1.165, 1.54) is 0 Å². The van der Waals surface area contributed by atoms with Gasteiger partial charge in [0.1, 0.15) is 18.1 Å². The highest BCUT2D eigenvalue weighted by atomic mass is 35.5. The van der Waals surface area contributed by atoms with Gasteiger partial charge in [-0.15, -0.1) is 0 Å². The molecule has 26 heavy (non-hydrogen) atoms. The third-order valence-electron chi connectivity index (χ3n) is 3.16. The van der Waals surface area contributed by atoms with Crippen LogP contribution < -0.4 is 9.64 Å². The van der Waals surface area contributed by atoms with Crippen molar-refractivity contribution in [1.29, 1.82) is 0 Å². The second-order valence-electron chi connectivity index (χ2n) is 4.94. The molecule has 1 aromatic carbocycles. The minimum atomic E-state index is -5.08. The zero-order valence-electron chi connectivity index (χ0n) is 13.0. The Bertz CT molecular complexity index is 800. The molecule has 0 unspecified atom stereocenters. The number of hydrogen-bond acceptors (Lipinski definition) is 4. The molecule has 138 valence electrons. The van der Waals surface area contributed by atoms with E-state index < -0.39 is 12.1 Å². The minimum Gasteiger partial charge on any atom is -0.490 e. The van der Waals surface area contributed by atoms with E-state index >= 15 is 0 Å². The summed E-state index contributed by atoms with van der Waals surface area (Å²) in [6.07, 6.45) is -3.48. The molecule has 1 aromatic heterocycles. The van der Waals surface area contributed by atoms with Gasteiger partial charge in [-0.3, -0.25) is 9.78 Å². The lowest BCUT2D eigenvalue weighted by molar-refractivity contribution is -0.192. The Kier molecular flexibility index (Phi) is 6.04. The molecule has 0 radical (unpaired) electrons. The molecule has 0 atom stereocenters. The van der Waals surface area contributed by atoms with Gasteiger partial charge in [0, 0.05) is 11.2 Å². The first kappa shape index (κ1) is 19.5. The summed E-state index contributed by atoms with van der Waals surface area (Å²) in [6, 6.07) is 10.5. The molecule has 6 nitrogen and oxygen atoms in total. The number of rotatable bonds is 1. The van der Waals surface area contributed by atoms with Gasteiger partial charge in [-0.05, 0) is 30.3 Å². The van der Waals surface area contributed by atoms with Crippen LogP contribution >= 0.6 is 11.6 Å². The average Bonchev–Trinajstić information content (AvgIpc) is 2.61. The number of carbonyl (C=O) groups excluding carboxylic acids is 1. The molecule has 1 N–H and O–H groups in total. The van der Waals surface area contributed by atoms with E-state index in [1.54, 1.807) is 47.5 Å². The van der Waals surface area contributed by atoms with Crippen LogP contribution in [0.3, 0.4) is 0 Å². The predicted octanol–water partition coefficient (Wildman–Crippen LogP) is 3.41. The summed E-state index contributed by atoms with van der Waals surface area (Å²) < 4.78 is 37.3. The Hall–Kier alpha value is -2.81.